The first-order valence-electron chi connectivity index (χ1n) is 21.9. The Morgan fingerprint density at radius 1 is 0.935 bits per heavy atom. The predicted molar refractivity (Wildman–Crippen MR) is 245 cm³/mol. The van der Waals surface area contributed by atoms with E-state index in [1.54, 1.807) is 6.07 Å². The summed E-state index contributed by atoms with van der Waals surface area (Å²) >= 11 is 0. The Balaban J connectivity index is 0.00000139. The number of rotatable bonds is 13. The topological polar surface area (TPSA) is 146 Å². The molecule has 0 spiro atoms. The molecule has 3 fully saturated rings. The lowest BCUT2D eigenvalue weighted by molar-refractivity contribution is -0.134. The second-order valence-corrected chi connectivity index (χ2v) is 17.5. The van der Waals surface area contributed by atoms with Crippen LogP contribution in [0.5, 0.6) is 0 Å². The third-order valence-electron chi connectivity index (χ3n) is 12.2. The summed E-state index contributed by atoms with van der Waals surface area (Å²) in [7, 11) is 6.00. The highest BCUT2D eigenvalue weighted by molar-refractivity contribution is 6.15. The van der Waals surface area contributed by atoms with Crippen LogP contribution in [0.4, 0.5) is 10.1 Å². The average molecular weight is 843 g/mol. The molecule has 2 saturated heterocycles. The lowest BCUT2D eigenvalue weighted by Gasteiger charge is -2.34. The van der Waals surface area contributed by atoms with Gasteiger partial charge in [0.2, 0.25) is 17.7 Å². The van der Waals surface area contributed by atoms with Gasteiger partial charge in [0.1, 0.15) is 12.1 Å². The minimum Gasteiger partial charge on any atom is -0.369 e. The van der Waals surface area contributed by atoms with Crippen LogP contribution in [0.15, 0.2) is 76.8 Å². The van der Waals surface area contributed by atoms with Gasteiger partial charge in [-0.1, -0.05) is 36.4 Å². The second kappa shape index (κ2) is 20.3. The number of hydrazone groups is 1. The zero-order chi connectivity index (χ0) is 43.8. The van der Waals surface area contributed by atoms with Crippen LogP contribution in [0.25, 0.3) is 27.6 Å². The summed E-state index contributed by atoms with van der Waals surface area (Å²) in [6.07, 6.45) is 13.0. The van der Waals surface area contributed by atoms with E-state index < -0.39 is 5.92 Å². The van der Waals surface area contributed by atoms with Crippen molar-refractivity contribution in [2.24, 2.45) is 27.8 Å². The molecular formula is C49H59FN8O4. The first kappa shape index (κ1) is 44.1. The zero-order valence-corrected chi connectivity index (χ0v) is 36.2. The Hall–Kier alpha value is -5.95. The summed E-state index contributed by atoms with van der Waals surface area (Å²) in [4.78, 5) is 59.5. The molecule has 12 nitrogen and oxygen atoms in total. The summed E-state index contributed by atoms with van der Waals surface area (Å²) < 4.78 is 17.8. The number of nitrogens with one attached hydrogen (secondary N) is 1. The largest absolute Gasteiger partial charge is 0.369 e. The molecule has 4 aliphatic rings. The number of amides is 3. The monoisotopic (exact) mass is 842 g/mol. The minimum atomic E-state index is -0.506. The normalized spacial score (nSPS) is 18.7. The molecule has 4 heterocycles. The van der Waals surface area contributed by atoms with E-state index in [0.717, 1.165) is 84.9 Å². The number of carbonyl (C=O) groups is 4. The van der Waals surface area contributed by atoms with Gasteiger partial charge in [-0.2, -0.15) is 5.10 Å². The van der Waals surface area contributed by atoms with Gasteiger partial charge in [-0.15, -0.1) is 0 Å². The van der Waals surface area contributed by atoms with Gasteiger partial charge in [0.25, 0.3) is 0 Å². The molecular weight excluding hydrogens is 784 g/mol. The van der Waals surface area contributed by atoms with Crippen LogP contribution in [0.3, 0.4) is 0 Å². The fourth-order valence-corrected chi connectivity index (χ4v) is 8.90. The van der Waals surface area contributed by atoms with Gasteiger partial charge < -0.3 is 25.1 Å². The number of carbonyl (C=O) groups excluding carboxylic acids is 4. The molecule has 0 bridgehead atoms. The van der Waals surface area contributed by atoms with Crippen LogP contribution in [-0.4, -0.2) is 105 Å². The molecule has 326 valence electrons. The molecule has 4 aromatic rings. The number of imide groups is 1. The minimum absolute atomic E-state index is 0.0686. The molecule has 1 saturated carbocycles. The maximum absolute atomic E-state index is 15.4. The van der Waals surface area contributed by atoms with E-state index in [1.807, 2.05) is 49.1 Å². The Kier molecular flexibility index (Phi) is 14.4. The highest BCUT2D eigenvalue weighted by Crippen LogP contribution is 2.40. The quantitative estimate of drug-likeness (QED) is 0.0493. The first-order valence-corrected chi connectivity index (χ1v) is 21.9. The van der Waals surface area contributed by atoms with Crippen molar-refractivity contribution in [1.82, 2.24) is 19.7 Å². The summed E-state index contributed by atoms with van der Waals surface area (Å²) in [5.74, 6) is 4.78. The summed E-state index contributed by atoms with van der Waals surface area (Å²) in [5.41, 5.74) is 8.47. The van der Waals surface area contributed by atoms with Gasteiger partial charge in [0, 0.05) is 80.5 Å². The van der Waals surface area contributed by atoms with E-state index in [9.17, 15) is 19.2 Å². The molecule has 3 aliphatic heterocycles. The van der Waals surface area contributed by atoms with E-state index in [0.29, 0.717) is 61.1 Å². The predicted octanol–water partition coefficient (Wildman–Crippen LogP) is 6.85. The van der Waals surface area contributed by atoms with E-state index in [1.165, 1.54) is 36.9 Å². The van der Waals surface area contributed by atoms with Gasteiger partial charge in [-0.05, 0) is 131 Å². The van der Waals surface area contributed by atoms with Crippen molar-refractivity contribution >= 4 is 58.6 Å². The van der Waals surface area contributed by atoms with Crippen molar-refractivity contribution in [3.8, 4) is 11.1 Å². The third kappa shape index (κ3) is 10.9. The smallest absolute Gasteiger partial charge is 0.234 e. The summed E-state index contributed by atoms with van der Waals surface area (Å²) in [5, 5.41) is 6.79. The van der Waals surface area contributed by atoms with Crippen LogP contribution < -0.4 is 16.1 Å². The van der Waals surface area contributed by atoms with Crippen molar-refractivity contribution in [1.29, 1.82) is 0 Å². The number of piperidine rings is 2. The number of nitrogens with zero attached hydrogens (tertiary/aromatic N) is 6. The van der Waals surface area contributed by atoms with Gasteiger partial charge in [0.05, 0.1) is 23.3 Å². The van der Waals surface area contributed by atoms with Crippen LogP contribution in [-0.2, 0) is 27.3 Å². The summed E-state index contributed by atoms with van der Waals surface area (Å²) in [6, 6.07) is 20.0. The number of anilines is 1. The Labute approximate surface area is 363 Å². The number of benzene rings is 3. The number of halogens is 1. The standard InChI is InChI=1S/C46H50FN7O4.C3H9N/c47-40-25-35(38-10-12-43(56)51-46(38)58)9-11-41(40)52-20-14-31(15-21-52)22-30-5-7-34(8-6-30)39-24-33(29-55)23-37-26-42(54(45(37)39)27-32-3-4-32)36-2-1-19-53(28-36)44(57)13-16-49-17-18-50-48;1-4(2)3/h2,5-9,11,17-18,23-26,29,31-32,38H,1,3-4,10,12-16,19-22,27-28,48H2,(H,51,56,58);1-3H3/b49-17?,50-18-;. The van der Waals surface area contributed by atoms with E-state index >= 15 is 4.39 Å². The Morgan fingerprint density at radius 3 is 2.37 bits per heavy atom. The Morgan fingerprint density at radius 2 is 1.69 bits per heavy atom. The van der Waals surface area contributed by atoms with Gasteiger partial charge >= 0.3 is 0 Å². The molecule has 1 aliphatic carbocycles. The molecule has 13 heteroatoms. The maximum atomic E-state index is 15.4. The average Bonchev–Trinajstić information content (AvgIpc) is 4.02. The molecule has 62 heavy (non-hydrogen) atoms. The van der Waals surface area contributed by atoms with Crippen molar-refractivity contribution in [2.45, 2.75) is 70.3 Å². The number of hydrogen-bond donors (Lipinski definition) is 2. The first-order chi connectivity index (χ1) is 30.0. The molecule has 3 amide bonds. The van der Waals surface area contributed by atoms with Gasteiger partial charge in [-0.3, -0.25) is 29.5 Å². The van der Waals surface area contributed by atoms with Crippen molar-refractivity contribution in [3.05, 3.63) is 94.9 Å². The van der Waals surface area contributed by atoms with Crippen LogP contribution in [0.1, 0.15) is 84.5 Å². The number of hydrogen-bond acceptors (Lipinski definition) is 9. The fraction of sp³-hybridized carbons (Fsp3) is 0.429. The molecule has 1 aromatic heterocycles. The number of nitrogens with two attached hydrogens (primary N) is 1. The van der Waals surface area contributed by atoms with Crippen molar-refractivity contribution < 1.29 is 23.6 Å². The van der Waals surface area contributed by atoms with Crippen LogP contribution in [0, 0.1) is 17.7 Å². The molecule has 3 N–H and O–H groups in total. The molecule has 0 radical (unpaired) electrons. The summed E-state index contributed by atoms with van der Waals surface area (Å²) in [6.45, 7) is 3.96. The number of aromatic nitrogens is 1. The van der Waals surface area contributed by atoms with Gasteiger partial charge in [0.15, 0.2) is 0 Å². The fourth-order valence-electron chi connectivity index (χ4n) is 8.90. The van der Waals surface area contributed by atoms with Gasteiger partial charge in [-0.25, -0.2) is 4.39 Å². The Bertz CT molecular complexity index is 2350. The lowest BCUT2D eigenvalue weighted by atomic mass is 9.88. The van der Waals surface area contributed by atoms with Crippen molar-refractivity contribution in [2.75, 3.05) is 58.8 Å². The van der Waals surface area contributed by atoms with E-state index in [4.69, 9.17) is 5.84 Å². The molecule has 1 atom stereocenters. The third-order valence-corrected chi connectivity index (χ3v) is 12.2. The number of aldehydes is 1. The molecule has 8 rings (SSSR count). The van der Waals surface area contributed by atoms with Crippen LogP contribution in [0.2, 0.25) is 0 Å². The SMILES string of the molecule is CN(C)C.N/N=C\C=NCCC(=O)N1CCC=C(c2cc3cc(C=O)cc(-c4ccc(CC5CCN(c6ccc(C7CCC(=O)NC7=O)cc6F)CC5)cc4)c3n2CC2CC2)C1. The number of aliphatic imine (C=N–C) groups is 1. The lowest BCUT2D eigenvalue weighted by Crippen LogP contribution is -2.39. The number of fused-ring (bicyclic) bond motifs is 1. The highest BCUT2D eigenvalue weighted by atomic mass is 19.1. The molecule has 3 aromatic carbocycles. The highest BCUT2D eigenvalue weighted by Gasteiger charge is 2.30. The maximum Gasteiger partial charge on any atom is 0.234 e. The molecule has 1 unspecified atom stereocenters. The van der Waals surface area contributed by atoms with E-state index in [-0.39, 0.29) is 30.0 Å². The van der Waals surface area contributed by atoms with Crippen molar-refractivity contribution in [3.63, 3.8) is 0 Å². The zero-order valence-electron chi connectivity index (χ0n) is 36.2. The van der Waals surface area contributed by atoms with Crippen LogP contribution >= 0.6 is 0 Å². The second-order valence-electron chi connectivity index (χ2n) is 17.5. The van der Waals surface area contributed by atoms with E-state index in [2.05, 4.69) is 61.3 Å².